The molecule has 4 fully saturated rings. The van der Waals surface area contributed by atoms with Crippen LogP contribution in [0.25, 0.3) is 33.4 Å². The minimum Gasteiger partial charge on any atom is -0.457 e. The Morgan fingerprint density at radius 2 is 1.00 bits per heavy atom. The van der Waals surface area contributed by atoms with Gasteiger partial charge in [0.05, 0.1) is 5.41 Å². The summed E-state index contributed by atoms with van der Waals surface area (Å²) < 4.78 is 6.74. The van der Waals surface area contributed by atoms with Crippen LogP contribution in [0.2, 0.25) is 0 Å². The van der Waals surface area contributed by atoms with Crippen LogP contribution in [0.4, 0.5) is 0 Å². The molecule has 13 rings (SSSR count). The highest BCUT2D eigenvalue weighted by atomic mass is 16.5. The number of benzene rings is 6. The lowest BCUT2D eigenvalue weighted by atomic mass is 9.56. The molecule has 6 aliphatic carbocycles. The summed E-state index contributed by atoms with van der Waals surface area (Å²) >= 11 is 0. The first-order valence-corrected chi connectivity index (χ1v) is 17.6. The smallest absolute Gasteiger partial charge is 0.131 e. The molecule has 0 radical (unpaired) electrons. The first kappa shape index (κ1) is 25.2. The Balaban J connectivity index is 1.10. The van der Waals surface area contributed by atoms with Gasteiger partial charge >= 0.3 is 0 Å². The first-order valence-electron chi connectivity index (χ1n) is 17.6. The molecule has 1 heterocycles. The fourth-order valence-corrected chi connectivity index (χ4v) is 12.2. The standard InChI is InChI=1S/C46H34O/c1-4-12-36-32(9-1)33-10-2-5-13-37(33)46(36)38-14-6-3-11-34(38)35-19-17-28(25-41(35)46)29-18-20-44-42(26-29)45(39-15-7-8-16-43(39)47-44)31-22-27-21-30(24-31)40(45)23-27/h1-20,25-27,30-31,40H,21-24H2. The van der Waals surface area contributed by atoms with Gasteiger partial charge in [0.15, 0.2) is 0 Å². The number of hydrogen-bond acceptors (Lipinski definition) is 1. The number of hydrogen-bond donors (Lipinski definition) is 0. The highest BCUT2D eigenvalue weighted by molar-refractivity contribution is 5.96. The summed E-state index contributed by atoms with van der Waals surface area (Å²) in [6.07, 6.45) is 5.54. The second-order valence-electron chi connectivity index (χ2n) is 15.2. The molecule has 0 amide bonds. The SMILES string of the molecule is c1ccc2c(c1)Oc1ccc(-c3ccc4c(c3)C3(c5ccccc5-c5ccccc53)c3ccccc3-4)cc1C21C2CC3CC(C2)C1C3. The normalized spacial score (nSPS) is 26.8. The van der Waals surface area contributed by atoms with Crippen molar-refractivity contribution in [3.05, 3.63) is 167 Å². The van der Waals surface area contributed by atoms with Crippen LogP contribution in [-0.2, 0) is 10.8 Å². The molecule has 7 aliphatic rings. The number of ether oxygens (including phenoxy) is 1. The van der Waals surface area contributed by atoms with E-state index >= 15 is 0 Å². The van der Waals surface area contributed by atoms with E-state index in [1.54, 1.807) is 0 Å². The number of rotatable bonds is 1. The van der Waals surface area contributed by atoms with Gasteiger partial charge in [-0.2, -0.15) is 0 Å². The topological polar surface area (TPSA) is 9.23 Å². The maximum absolute atomic E-state index is 6.74. The fraction of sp³-hybridized carbons (Fsp3) is 0.217. The Hall–Kier alpha value is -4.88. The van der Waals surface area contributed by atoms with E-state index < -0.39 is 0 Å². The second kappa shape index (κ2) is 8.52. The molecule has 47 heavy (non-hydrogen) atoms. The van der Waals surface area contributed by atoms with Crippen molar-refractivity contribution in [2.75, 3.05) is 0 Å². The monoisotopic (exact) mass is 602 g/mol. The largest absolute Gasteiger partial charge is 0.457 e. The van der Waals surface area contributed by atoms with Gasteiger partial charge in [0, 0.05) is 16.5 Å². The van der Waals surface area contributed by atoms with Gasteiger partial charge in [-0.3, -0.25) is 0 Å². The summed E-state index contributed by atoms with van der Waals surface area (Å²) in [7, 11) is 0. The van der Waals surface area contributed by atoms with Crippen molar-refractivity contribution in [3.8, 4) is 44.9 Å². The van der Waals surface area contributed by atoms with Gasteiger partial charge in [0.2, 0.25) is 0 Å². The first-order chi connectivity index (χ1) is 23.3. The van der Waals surface area contributed by atoms with Gasteiger partial charge in [-0.1, -0.05) is 109 Å². The third-order valence-corrected chi connectivity index (χ3v) is 13.5. The summed E-state index contributed by atoms with van der Waals surface area (Å²) in [4.78, 5) is 0. The third kappa shape index (κ3) is 2.83. The molecular weight excluding hydrogens is 569 g/mol. The fourth-order valence-electron chi connectivity index (χ4n) is 12.2. The van der Waals surface area contributed by atoms with E-state index in [1.807, 2.05) is 0 Å². The van der Waals surface area contributed by atoms with E-state index in [9.17, 15) is 0 Å². The molecule has 2 spiro atoms. The minimum absolute atomic E-state index is 0.0649. The molecule has 4 saturated carbocycles. The van der Waals surface area contributed by atoms with Gasteiger partial charge in [-0.15, -0.1) is 0 Å². The van der Waals surface area contributed by atoms with E-state index in [2.05, 4.69) is 133 Å². The molecule has 6 aromatic carbocycles. The zero-order valence-electron chi connectivity index (χ0n) is 26.2. The maximum atomic E-state index is 6.74. The summed E-state index contributed by atoms with van der Waals surface area (Å²) in [5.74, 6) is 5.35. The van der Waals surface area contributed by atoms with Crippen LogP contribution in [0.15, 0.2) is 133 Å². The molecular formula is C46H34O. The Bertz CT molecular complexity index is 2280. The highest BCUT2D eigenvalue weighted by Gasteiger charge is 2.65. The Morgan fingerprint density at radius 3 is 1.68 bits per heavy atom. The van der Waals surface area contributed by atoms with Gasteiger partial charge in [0.1, 0.15) is 11.5 Å². The molecule has 0 N–H and O–H groups in total. The number of fused-ring (bicyclic) bond motifs is 12. The molecule has 5 atom stereocenters. The van der Waals surface area contributed by atoms with Gasteiger partial charge in [-0.05, 0) is 129 Å². The van der Waals surface area contributed by atoms with Crippen LogP contribution in [-0.4, -0.2) is 0 Å². The van der Waals surface area contributed by atoms with E-state index in [0.717, 1.165) is 29.3 Å². The molecule has 5 unspecified atom stereocenters. The van der Waals surface area contributed by atoms with Crippen molar-refractivity contribution in [3.63, 3.8) is 0 Å². The van der Waals surface area contributed by atoms with Crippen LogP contribution in [0.3, 0.4) is 0 Å². The second-order valence-corrected chi connectivity index (χ2v) is 15.2. The van der Waals surface area contributed by atoms with Crippen LogP contribution in [0.1, 0.15) is 59.1 Å². The van der Waals surface area contributed by atoms with Gasteiger partial charge < -0.3 is 4.74 Å². The van der Waals surface area contributed by atoms with E-state index in [-0.39, 0.29) is 10.8 Å². The average Bonchev–Trinajstić information content (AvgIpc) is 3.77. The Morgan fingerprint density at radius 1 is 0.447 bits per heavy atom. The zero-order chi connectivity index (χ0) is 30.5. The molecule has 0 aromatic heterocycles. The van der Waals surface area contributed by atoms with Crippen LogP contribution in [0, 0.1) is 23.7 Å². The summed E-state index contributed by atoms with van der Waals surface area (Å²) in [5, 5.41) is 0. The Labute approximate surface area is 275 Å². The molecule has 224 valence electrons. The lowest BCUT2D eigenvalue weighted by Crippen LogP contribution is -2.43. The maximum Gasteiger partial charge on any atom is 0.131 e. The van der Waals surface area contributed by atoms with E-state index in [0.29, 0.717) is 5.92 Å². The Kier molecular flexibility index (Phi) is 4.58. The van der Waals surface area contributed by atoms with Crippen LogP contribution >= 0.6 is 0 Å². The van der Waals surface area contributed by atoms with E-state index in [4.69, 9.17) is 4.74 Å². The third-order valence-electron chi connectivity index (χ3n) is 13.5. The summed E-state index contributed by atoms with van der Waals surface area (Å²) in [6, 6.07) is 50.8. The lowest BCUT2D eigenvalue weighted by molar-refractivity contribution is 0.173. The predicted molar refractivity (Wildman–Crippen MR) is 188 cm³/mol. The van der Waals surface area contributed by atoms with Crippen molar-refractivity contribution in [1.29, 1.82) is 0 Å². The lowest BCUT2D eigenvalue weighted by Gasteiger charge is -2.48. The highest BCUT2D eigenvalue weighted by Crippen LogP contribution is 2.72. The quantitative estimate of drug-likeness (QED) is 0.182. The molecule has 1 aliphatic heterocycles. The zero-order valence-corrected chi connectivity index (χ0v) is 26.2. The van der Waals surface area contributed by atoms with Gasteiger partial charge in [0.25, 0.3) is 0 Å². The molecule has 1 heteroatoms. The average molecular weight is 603 g/mol. The van der Waals surface area contributed by atoms with Crippen LogP contribution in [0.5, 0.6) is 11.5 Å². The predicted octanol–water partition coefficient (Wildman–Crippen LogP) is 11.2. The van der Waals surface area contributed by atoms with Gasteiger partial charge in [-0.25, -0.2) is 0 Å². The summed E-state index contributed by atoms with van der Waals surface area (Å²) in [5.41, 5.74) is 16.3. The van der Waals surface area contributed by atoms with Crippen molar-refractivity contribution < 1.29 is 4.74 Å². The summed E-state index contributed by atoms with van der Waals surface area (Å²) in [6.45, 7) is 0. The van der Waals surface area contributed by atoms with Crippen LogP contribution < -0.4 is 4.74 Å². The molecule has 6 aromatic rings. The number of para-hydroxylation sites is 1. The molecule has 0 saturated heterocycles. The van der Waals surface area contributed by atoms with Crippen molar-refractivity contribution >= 4 is 0 Å². The van der Waals surface area contributed by atoms with Crippen molar-refractivity contribution in [2.24, 2.45) is 23.7 Å². The van der Waals surface area contributed by atoms with Crippen molar-refractivity contribution in [2.45, 2.75) is 36.5 Å². The molecule has 1 nitrogen and oxygen atoms in total. The molecule has 4 bridgehead atoms. The van der Waals surface area contributed by atoms with Crippen molar-refractivity contribution in [1.82, 2.24) is 0 Å². The minimum atomic E-state index is -0.323. The van der Waals surface area contributed by atoms with E-state index in [1.165, 1.54) is 92.4 Å².